The second-order valence-electron chi connectivity index (χ2n) is 6.51. The summed E-state index contributed by atoms with van der Waals surface area (Å²) in [6.07, 6.45) is 0. The van der Waals surface area contributed by atoms with Gasteiger partial charge in [0.2, 0.25) is 5.91 Å². The van der Waals surface area contributed by atoms with Gasteiger partial charge in [0.05, 0.1) is 17.7 Å². The van der Waals surface area contributed by atoms with Gasteiger partial charge >= 0.3 is 0 Å². The zero-order valence-corrected chi connectivity index (χ0v) is 15.7. The number of carbonyl (C=O) groups excluding carboxylic acids is 1. The van der Waals surface area contributed by atoms with Gasteiger partial charge in [-0.05, 0) is 69.3 Å². The van der Waals surface area contributed by atoms with Crippen molar-refractivity contribution in [3.8, 4) is 11.8 Å². The Hall–Kier alpha value is -2.84. The van der Waals surface area contributed by atoms with Gasteiger partial charge in [-0.2, -0.15) is 5.26 Å². The second kappa shape index (κ2) is 9.02. The van der Waals surface area contributed by atoms with Crippen LogP contribution in [0.4, 0.5) is 5.69 Å². The molecule has 0 bridgehead atoms. The summed E-state index contributed by atoms with van der Waals surface area (Å²) in [6.45, 7) is 7.06. The molecule has 26 heavy (non-hydrogen) atoms. The molecule has 0 aliphatic heterocycles. The SMILES string of the molecule is Cc1cc(C)cc(OCCN(C)C(C)C(=O)Nc2cccc(C#N)c2)c1. The van der Waals surface area contributed by atoms with Crippen LogP contribution in [0.5, 0.6) is 5.75 Å². The topological polar surface area (TPSA) is 65.4 Å². The zero-order valence-electron chi connectivity index (χ0n) is 15.7. The van der Waals surface area contributed by atoms with Crippen molar-refractivity contribution in [3.05, 3.63) is 59.2 Å². The van der Waals surface area contributed by atoms with Gasteiger partial charge in [-0.25, -0.2) is 0 Å². The third kappa shape index (κ3) is 5.61. The average Bonchev–Trinajstić information content (AvgIpc) is 2.60. The van der Waals surface area contributed by atoms with Crippen LogP contribution >= 0.6 is 0 Å². The van der Waals surface area contributed by atoms with Crippen molar-refractivity contribution in [3.63, 3.8) is 0 Å². The van der Waals surface area contributed by atoms with Crippen LogP contribution < -0.4 is 10.1 Å². The molecule has 5 heteroatoms. The Bertz CT molecular complexity index is 791. The van der Waals surface area contributed by atoms with Gasteiger partial charge in [0.15, 0.2) is 0 Å². The lowest BCUT2D eigenvalue weighted by molar-refractivity contribution is -0.120. The van der Waals surface area contributed by atoms with E-state index in [-0.39, 0.29) is 11.9 Å². The summed E-state index contributed by atoms with van der Waals surface area (Å²) in [5.74, 6) is 0.732. The standard InChI is InChI=1S/C21H25N3O2/c1-15-10-16(2)12-20(11-15)26-9-8-24(4)17(3)21(25)23-19-7-5-6-18(13-19)14-22/h5-7,10-13,17H,8-9H2,1-4H3,(H,23,25). The van der Waals surface area contributed by atoms with E-state index in [1.807, 2.05) is 44.9 Å². The van der Waals surface area contributed by atoms with E-state index >= 15 is 0 Å². The lowest BCUT2D eigenvalue weighted by atomic mass is 10.1. The minimum atomic E-state index is -0.316. The third-order valence-electron chi connectivity index (χ3n) is 4.21. The fourth-order valence-corrected chi connectivity index (χ4v) is 2.63. The second-order valence-corrected chi connectivity index (χ2v) is 6.51. The molecule has 0 radical (unpaired) electrons. The molecule has 136 valence electrons. The molecule has 1 N–H and O–H groups in total. The number of carbonyl (C=O) groups is 1. The Morgan fingerprint density at radius 2 is 1.92 bits per heavy atom. The highest BCUT2D eigenvalue weighted by Crippen LogP contribution is 2.16. The number of hydrogen-bond donors (Lipinski definition) is 1. The molecule has 0 saturated heterocycles. The van der Waals surface area contributed by atoms with E-state index in [4.69, 9.17) is 10.00 Å². The fraction of sp³-hybridized carbons (Fsp3) is 0.333. The Kier molecular flexibility index (Phi) is 6.76. The Balaban J connectivity index is 1.85. The number of hydrogen-bond acceptors (Lipinski definition) is 4. The summed E-state index contributed by atoms with van der Waals surface area (Å²) >= 11 is 0. The molecule has 2 aromatic rings. The molecule has 0 aromatic heterocycles. The first-order valence-corrected chi connectivity index (χ1v) is 8.61. The monoisotopic (exact) mass is 351 g/mol. The van der Waals surface area contributed by atoms with Gasteiger partial charge in [-0.1, -0.05) is 12.1 Å². The van der Waals surface area contributed by atoms with Gasteiger partial charge in [-0.3, -0.25) is 9.69 Å². The quantitative estimate of drug-likeness (QED) is 0.829. The van der Waals surface area contributed by atoms with Crippen LogP contribution in [-0.4, -0.2) is 37.0 Å². The van der Waals surface area contributed by atoms with Crippen LogP contribution in [0.3, 0.4) is 0 Å². The van der Waals surface area contributed by atoms with Crippen LogP contribution in [0.25, 0.3) is 0 Å². The minimum absolute atomic E-state index is 0.117. The van der Waals surface area contributed by atoms with Gasteiger partial charge in [0.25, 0.3) is 0 Å². The number of benzene rings is 2. The first kappa shape index (κ1) is 19.5. The number of rotatable bonds is 7. The number of anilines is 1. The molecule has 2 aromatic carbocycles. The largest absolute Gasteiger partial charge is 0.492 e. The maximum atomic E-state index is 12.4. The number of nitrogens with zero attached hydrogens (tertiary/aromatic N) is 2. The molecule has 5 nitrogen and oxygen atoms in total. The molecule has 0 saturated carbocycles. The van der Waals surface area contributed by atoms with Crippen molar-refractivity contribution in [2.75, 3.05) is 25.5 Å². The van der Waals surface area contributed by atoms with Crippen molar-refractivity contribution < 1.29 is 9.53 Å². The zero-order chi connectivity index (χ0) is 19.1. The first-order chi connectivity index (χ1) is 12.4. The van der Waals surface area contributed by atoms with E-state index in [0.29, 0.717) is 24.4 Å². The minimum Gasteiger partial charge on any atom is -0.492 e. The van der Waals surface area contributed by atoms with E-state index in [2.05, 4.69) is 17.5 Å². The highest BCUT2D eigenvalue weighted by atomic mass is 16.5. The molecule has 0 heterocycles. The van der Waals surface area contributed by atoms with Gasteiger partial charge in [0, 0.05) is 12.2 Å². The van der Waals surface area contributed by atoms with Crippen molar-refractivity contribution in [1.29, 1.82) is 5.26 Å². The van der Waals surface area contributed by atoms with Gasteiger partial charge in [-0.15, -0.1) is 0 Å². The number of ether oxygens (including phenoxy) is 1. The van der Waals surface area contributed by atoms with Gasteiger partial charge in [0.1, 0.15) is 12.4 Å². The molecule has 0 aliphatic carbocycles. The van der Waals surface area contributed by atoms with Crippen molar-refractivity contribution >= 4 is 11.6 Å². The molecule has 1 atom stereocenters. The third-order valence-corrected chi connectivity index (χ3v) is 4.21. The van der Waals surface area contributed by atoms with E-state index < -0.39 is 0 Å². The number of likely N-dealkylation sites (N-methyl/N-ethyl adjacent to an activating group) is 1. The normalized spacial score (nSPS) is 11.7. The lowest BCUT2D eigenvalue weighted by Gasteiger charge is -2.24. The summed E-state index contributed by atoms with van der Waals surface area (Å²) in [4.78, 5) is 14.3. The maximum absolute atomic E-state index is 12.4. The molecule has 0 fully saturated rings. The summed E-state index contributed by atoms with van der Waals surface area (Å²) in [5.41, 5.74) is 3.48. The van der Waals surface area contributed by atoms with Crippen molar-refractivity contribution in [2.45, 2.75) is 26.8 Å². The van der Waals surface area contributed by atoms with E-state index in [1.54, 1.807) is 24.3 Å². The summed E-state index contributed by atoms with van der Waals surface area (Å²) in [5, 5.41) is 11.8. The highest BCUT2D eigenvalue weighted by Gasteiger charge is 2.18. The first-order valence-electron chi connectivity index (χ1n) is 8.61. The smallest absolute Gasteiger partial charge is 0.241 e. The number of nitrogens with one attached hydrogen (secondary N) is 1. The van der Waals surface area contributed by atoms with Gasteiger partial charge < -0.3 is 10.1 Å². The Morgan fingerprint density at radius 3 is 2.58 bits per heavy atom. The number of nitriles is 1. The summed E-state index contributed by atoms with van der Waals surface area (Å²) in [7, 11) is 1.89. The summed E-state index contributed by atoms with van der Waals surface area (Å²) < 4.78 is 5.81. The average molecular weight is 351 g/mol. The van der Waals surface area contributed by atoms with Crippen LogP contribution in [0.15, 0.2) is 42.5 Å². The van der Waals surface area contributed by atoms with Crippen LogP contribution in [0.1, 0.15) is 23.6 Å². The number of aryl methyl sites for hydroxylation is 2. The van der Waals surface area contributed by atoms with Crippen LogP contribution in [0.2, 0.25) is 0 Å². The molecule has 0 spiro atoms. The van der Waals surface area contributed by atoms with Crippen LogP contribution in [-0.2, 0) is 4.79 Å². The molecule has 0 aliphatic rings. The Morgan fingerprint density at radius 1 is 1.23 bits per heavy atom. The predicted octanol–water partition coefficient (Wildman–Crippen LogP) is 3.51. The van der Waals surface area contributed by atoms with Crippen molar-refractivity contribution in [1.82, 2.24) is 4.90 Å². The highest BCUT2D eigenvalue weighted by molar-refractivity contribution is 5.94. The van der Waals surface area contributed by atoms with E-state index in [9.17, 15) is 4.79 Å². The van der Waals surface area contributed by atoms with E-state index in [0.717, 1.165) is 5.75 Å². The summed E-state index contributed by atoms with van der Waals surface area (Å²) in [6, 6.07) is 14.8. The molecule has 1 unspecified atom stereocenters. The molecular formula is C21H25N3O2. The van der Waals surface area contributed by atoms with Crippen LogP contribution in [0, 0.1) is 25.2 Å². The van der Waals surface area contributed by atoms with Crippen molar-refractivity contribution in [2.24, 2.45) is 0 Å². The predicted molar refractivity (Wildman–Crippen MR) is 103 cm³/mol. The maximum Gasteiger partial charge on any atom is 0.241 e. The fourth-order valence-electron chi connectivity index (χ4n) is 2.63. The lowest BCUT2D eigenvalue weighted by Crippen LogP contribution is -2.41. The molecular weight excluding hydrogens is 326 g/mol. The van der Waals surface area contributed by atoms with E-state index in [1.165, 1.54) is 11.1 Å². The number of amides is 1. The molecule has 2 rings (SSSR count). The molecule has 1 amide bonds. The Labute approximate surface area is 155 Å².